The molecule has 0 aliphatic carbocycles. The van der Waals surface area contributed by atoms with E-state index in [-0.39, 0.29) is 24.5 Å². The molecule has 0 saturated heterocycles. The standard InChI is InChI=1S/C15H16N2O4/c16-5-6-21-9-14(18)17-13-8-11-4-2-1-3-10(11)7-12(13)15(19)20/h1-4,7-8H,5-6,9,16H2,(H,17,18)(H,19,20). The van der Waals surface area contributed by atoms with Crippen LogP contribution in [0.1, 0.15) is 10.4 Å². The molecule has 2 aromatic rings. The Hall–Kier alpha value is -2.44. The number of fused-ring (bicyclic) bond motifs is 1. The molecular weight excluding hydrogens is 272 g/mol. The van der Waals surface area contributed by atoms with Crippen molar-refractivity contribution in [3.8, 4) is 0 Å². The largest absolute Gasteiger partial charge is 0.478 e. The first kappa shape index (κ1) is 15.0. The number of aromatic carboxylic acids is 1. The predicted molar refractivity (Wildman–Crippen MR) is 79.4 cm³/mol. The Morgan fingerprint density at radius 1 is 1.19 bits per heavy atom. The van der Waals surface area contributed by atoms with Gasteiger partial charge in [0.2, 0.25) is 5.91 Å². The van der Waals surface area contributed by atoms with Crippen LogP contribution < -0.4 is 11.1 Å². The Labute approximate surface area is 121 Å². The quantitative estimate of drug-likeness (QED) is 0.698. The van der Waals surface area contributed by atoms with Crippen LogP contribution in [0.4, 0.5) is 5.69 Å². The van der Waals surface area contributed by atoms with Crippen molar-refractivity contribution < 1.29 is 19.4 Å². The van der Waals surface area contributed by atoms with Crippen molar-refractivity contribution in [3.63, 3.8) is 0 Å². The molecule has 0 spiro atoms. The fraction of sp³-hybridized carbons (Fsp3) is 0.200. The Kier molecular flexibility index (Phi) is 4.86. The summed E-state index contributed by atoms with van der Waals surface area (Å²) in [7, 11) is 0. The summed E-state index contributed by atoms with van der Waals surface area (Å²) in [6, 6.07) is 10.5. The zero-order valence-electron chi connectivity index (χ0n) is 11.3. The van der Waals surface area contributed by atoms with Crippen molar-refractivity contribution in [2.24, 2.45) is 5.73 Å². The predicted octanol–water partition coefficient (Wildman–Crippen LogP) is 1.45. The van der Waals surface area contributed by atoms with E-state index in [1.54, 1.807) is 6.07 Å². The molecule has 4 N–H and O–H groups in total. The van der Waals surface area contributed by atoms with Gasteiger partial charge in [0.25, 0.3) is 0 Å². The molecule has 0 bridgehead atoms. The van der Waals surface area contributed by atoms with Crippen LogP contribution in [0.2, 0.25) is 0 Å². The van der Waals surface area contributed by atoms with Gasteiger partial charge in [0.1, 0.15) is 6.61 Å². The Morgan fingerprint density at radius 3 is 2.48 bits per heavy atom. The second-order valence-corrected chi connectivity index (χ2v) is 4.44. The molecule has 0 heterocycles. The van der Waals surface area contributed by atoms with Crippen molar-refractivity contribution in [1.29, 1.82) is 0 Å². The number of anilines is 1. The Balaban J connectivity index is 2.26. The van der Waals surface area contributed by atoms with Gasteiger partial charge in [0, 0.05) is 6.54 Å². The minimum absolute atomic E-state index is 0.0425. The second kappa shape index (κ2) is 6.83. The maximum Gasteiger partial charge on any atom is 0.337 e. The molecule has 0 atom stereocenters. The summed E-state index contributed by atoms with van der Waals surface area (Å²) in [6.07, 6.45) is 0. The van der Waals surface area contributed by atoms with E-state index in [0.717, 1.165) is 10.8 Å². The van der Waals surface area contributed by atoms with E-state index in [9.17, 15) is 14.7 Å². The first-order valence-corrected chi connectivity index (χ1v) is 6.45. The normalized spacial score (nSPS) is 10.5. The van der Waals surface area contributed by atoms with Crippen molar-refractivity contribution >= 4 is 28.3 Å². The SMILES string of the molecule is NCCOCC(=O)Nc1cc2ccccc2cc1C(=O)O. The summed E-state index contributed by atoms with van der Waals surface area (Å²) in [5.74, 6) is -1.51. The molecule has 6 nitrogen and oxygen atoms in total. The summed E-state index contributed by atoms with van der Waals surface area (Å²) in [5.41, 5.74) is 5.55. The highest BCUT2D eigenvalue weighted by atomic mass is 16.5. The molecule has 0 aromatic heterocycles. The number of nitrogens with one attached hydrogen (secondary N) is 1. The maximum absolute atomic E-state index is 11.7. The Bertz CT molecular complexity index is 670. The lowest BCUT2D eigenvalue weighted by Crippen LogP contribution is -2.22. The lowest BCUT2D eigenvalue weighted by Gasteiger charge is -2.10. The molecule has 0 saturated carbocycles. The number of benzene rings is 2. The molecule has 21 heavy (non-hydrogen) atoms. The third kappa shape index (κ3) is 3.77. The van der Waals surface area contributed by atoms with Gasteiger partial charge in [-0.05, 0) is 22.9 Å². The number of hydrogen-bond donors (Lipinski definition) is 3. The van der Waals surface area contributed by atoms with E-state index in [1.165, 1.54) is 6.07 Å². The van der Waals surface area contributed by atoms with Gasteiger partial charge < -0.3 is 20.9 Å². The molecule has 2 aromatic carbocycles. The van der Waals surface area contributed by atoms with Gasteiger partial charge in [-0.2, -0.15) is 0 Å². The molecule has 6 heteroatoms. The number of hydrogen-bond acceptors (Lipinski definition) is 4. The fourth-order valence-corrected chi connectivity index (χ4v) is 1.96. The third-order valence-corrected chi connectivity index (χ3v) is 2.89. The third-order valence-electron chi connectivity index (χ3n) is 2.89. The maximum atomic E-state index is 11.7. The lowest BCUT2D eigenvalue weighted by molar-refractivity contribution is -0.120. The monoisotopic (exact) mass is 288 g/mol. The molecule has 0 unspecified atom stereocenters. The van der Waals surface area contributed by atoms with Crippen LogP contribution >= 0.6 is 0 Å². The minimum atomic E-state index is -1.10. The first-order chi connectivity index (χ1) is 10.1. The number of ether oxygens (including phenoxy) is 1. The van der Waals surface area contributed by atoms with Gasteiger partial charge in [-0.15, -0.1) is 0 Å². The van der Waals surface area contributed by atoms with Crippen LogP contribution in [0.5, 0.6) is 0 Å². The van der Waals surface area contributed by atoms with E-state index in [2.05, 4.69) is 5.32 Å². The lowest BCUT2D eigenvalue weighted by atomic mass is 10.0. The number of carboxylic acids is 1. The highest BCUT2D eigenvalue weighted by Crippen LogP contribution is 2.24. The van der Waals surface area contributed by atoms with E-state index in [0.29, 0.717) is 6.54 Å². The van der Waals surface area contributed by atoms with E-state index in [1.807, 2.05) is 24.3 Å². The van der Waals surface area contributed by atoms with Crippen LogP contribution in [0.3, 0.4) is 0 Å². The average molecular weight is 288 g/mol. The molecule has 0 aliphatic heterocycles. The molecule has 0 aliphatic rings. The van der Waals surface area contributed by atoms with Gasteiger partial charge in [0.15, 0.2) is 0 Å². The number of carbonyl (C=O) groups excluding carboxylic acids is 1. The van der Waals surface area contributed by atoms with E-state index < -0.39 is 11.9 Å². The average Bonchev–Trinajstić information content (AvgIpc) is 2.46. The highest BCUT2D eigenvalue weighted by Gasteiger charge is 2.14. The number of nitrogens with two attached hydrogens (primary N) is 1. The van der Waals surface area contributed by atoms with Crippen molar-refractivity contribution in [3.05, 3.63) is 42.0 Å². The molecule has 0 fully saturated rings. The topological polar surface area (TPSA) is 102 Å². The van der Waals surface area contributed by atoms with Gasteiger partial charge in [0.05, 0.1) is 17.9 Å². The summed E-state index contributed by atoms with van der Waals surface area (Å²) < 4.78 is 5.02. The van der Waals surface area contributed by atoms with E-state index >= 15 is 0 Å². The van der Waals surface area contributed by atoms with Crippen LogP contribution in [0.25, 0.3) is 10.8 Å². The first-order valence-electron chi connectivity index (χ1n) is 6.45. The number of rotatable bonds is 6. The minimum Gasteiger partial charge on any atom is -0.478 e. The molecule has 0 radical (unpaired) electrons. The van der Waals surface area contributed by atoms with E-state index in [4.69, 9.17) is 10.5 Å². The van der Waals surface area contributed by atoms with Gasteiger partial charge in [-0.3, -0.25) is 4.79 Å². The summed E-state index contributed by atoms with van der Waals surface area (Å²) >= 11 is 0. The van der Waals surface area contributed by atoms with Crippen LogP contribution in [0.15, 0.2) is 36.4 Å². The Morgan fingerprint density at radius 2 is 1.86 bits per heavy atom. The molecule has 2 rings (SSSR count). The zero-order chi connectivity index (χ0) is 15.2. The van der Waals surface area contributed by atoms with Crippen molar-refractivity contribution in [1.82, 2.24) is 0 Å². The van der Waals surface area contributed by atoms with Crippen LogP contribution in [-0.2, 0) is 9.53 Å². The van der Waals surface area contributed by atoms with Crippen molar-refractivity contribution in [2.75, 3.05) is 25.1 Å². The second-order valence-electron chi connectivity index (χ2n) is 4.44. The summed E-state index contributed by atoms with van der Waals surface area (Å²) in [6.45, 7) is 0.434. The smallest absolute Gasteiger partial charge is 0.337 e. The number of amides is 1. The molecular formula is C15H16N2O4. The van der Waals surface area contributed by atoms with Gasteiger partial charge in [-0.1, -0.05) is 24.3 Å². The number of carboxylic acid groups (broad SMARTS) is 1. The molecule has 110 valence electrons. The number of carbonyl (C=O) groups is 2. The van der Waals surface area contributed by atoms with Crippen molar-refractivity contribution in [2.45, 2.75) is 0 Å². The zero-order valence-corrected chi connectivity index (χ0v) is 11.3. The summed E-state index contributed by atoms with van der Waals surface area (Å²) in [5, 5.41) is 13.5. The highest BCUT2D eigenvalue weighted by molar-refractivity contribution is 6.05. The molecule has 1 amide bonds. The van der Waals surface area contributed by atoms with Gasteiger partial charge in [-0.25, -0.2) is 4.79 Å². The van der Waals surface area contributed by atoms with Crippen LogP contribution in [0, 0.1) is 0 Å². The van der Waals surface area contributed by atoms with Crippen LogP contribution in [-0.4, -0.2) is 36.7 Å². The summed E-state index contributed by atoms with van der Waals surface area (Å²) in [4.78, 5) is 23.0. The fourth-order valence-electron chi connectivity index (χ4n) is 1.96. The van der Waals surface area contributed by atoms with Gasteiger partial charge >= 0.3 is 5.97 Å².